The van der Waals surface area contributed by atoms with Crippen LogP contribution in [-0.2, 0) is 11.2 Å². The Morgan fingerprint density at radius 1 is 1.15 bits per heavy atom. The highest BCUT2D eigenvalue weighted by atomic mass is 79.9. The first kappa shape index (κ1) is 19.7. The van der Waals surface area contributed by atoms with Crippen LogP contribution in [0.15, 0.2) is 45.5 Å². The highest BCUT2D eigenvalue weighted by molar-refractivity contribution is 9.10. The summed E-state index contributed by atoms with van der Waals surface area (Å²) in [7, 11) is 1.92. The summed E-state index contributed by atoms with van der Waals surface area (Å²) >= 11 is 3.18. The van der Waals surface area contributed by atoms with Crippen molar-refractivity contribution in [2.45, 2.75) is 45.1 Å². The second-order valence-corrected chi connectivity index (χ2v) is 8.05. The predicted molar refractivity (Wildman–Crippen MR) is 109 cm³/mol. The van der Waals surface area contributed by atoms with E-state index in [9.17, 15) is 9.59 Å². The van der Waals surface area contributed by atoms with E-state index in [2.05, 4.69) is 28.2 Å². The monoisotopic (exact) mass is 432 g/mol. The smallest absolute Gasteiger partial charge is 0.291 e. The maximum absolute atomic E-state index is 12.6. The van der Waals surface area contributed by atoms with Gasteiger partial charge in [0.25, 0.3) is 5.91 Å². The van der Waals surface area contributed by atoms with Gasteiger partial charge in [-0.25, -0.2) is 0 Å². The van der Waals surface area contributed by atoms with Crippen molar-refractivity contribution in [3.63, 3.8) is 0 Å². The molecule has 27 heavy (non-hydrogen) atoms. The third kappa shape index (κ3) is 5.01. The van der Waals surface area contributed by atoms with E-state index >= 15 is 0 Å². The molecule has 144 valence electrons. The number of carbonyl (C=O) groups is 2. The van der Waals surface area contributed by atoms with Crippen LogP contribution in [0.3, 0.4) is 0 Å². The van der Waals surface area contributed by atoms with Gasteiger partial charge in [0.15, 0.2) is 10.4 Å². The SMILES string of the molecule is CC1CCCCC1N(C)C(=O)Cc1ccc(NC(=O)c2ccc(Br)o2)cc1. The second-order valence-electron chi connectivity index (χ2n) is 7.27. The molecule has 0 saturated heterocycles. The van der Waals surface area contributed by atoms with Gasteiger partial charge in [-0.2, -0.15) is 0 Å². The van der Waals surface area contributed by atoms with Gasteiger partial charge in [0.1, 0.15) is 0 Å². The zero-order valence-corrected chi connectivity index (χ0v) is 17.3. The fourth-order valence-corrected chi connectivity index (χ4v) is 4.00. The van der Waals surface area contributed by atoms with Gasteiger partial charge in [-0.1, -0.05) is 31.9 Å². The Labute approximate surface area is 168 Å². The molecule has 0 spiro atoms. The van der Waals surface area contributed by atoms with Crippen molar-refractivity contribution in [3.05, 3.63) is 52.4 Å². The van der Waals surface area contributed by atoms with Gasteiger partial charge in [0.05, 0.1) is 6.42 Å². The minimum absolute atomic E-state index is 0.144. The summed E-state index contributed by atoms with van der Waals surface area (Å²) in [4.78, 5) is 26.7. The number of amides is 2. The van der Waals surface area contributed by atoms with E-state index in [1.807, 2.05) is 36.2 Å². The number of rotatable bonds is 5. The van der Waals surface area contributed by atoms with Gasteiger partial charge in [0.2, 0.25) is 5.91 Å². The lowest BCUT2D eigenvalue weighted by Crippen LogP contribution is -2.43. The molecule has 1 aliphatic rings. The number of hydrogen-bond donors (Lipinski definition) is 1. The highest BCUT2D eigenvalue weighted by Crippen LogP contribution is 2.27. The first-order valence-corrected chi connectivity index (χ1v) is 10.1. The van der Waals surface area contributed by atoms with Crippen molar-refractivity contribution in [1.82, 2.24) is 4.90 Å². The van der Waals surface area contributed by atoms with Crippen molar-refractivity contribution < 1.29 is 14.0 Å². The van der Waals surface area contributed by atoms with E-state index in [4.69, 9.17) is 4.42 Å². The molecule has 1 fully saturated rings. The van der Waals surface area contributed by atoms with Crippen LogP contribution in [0, 0.1) is 5.92 Å². The van der Waals surface area contributed by atoms with Gasteiger partial charge in [0, 0.05) is 18.8 Å². The number of furan rings is 1. The lowest BCUT2D eigenvalue weighted by molar-refractivity contribution is -0.132. The molecule has 1 aliphatic carbocycles. The van der Waals surface area contributed by atoms with Crippen LogP contribution < -0.4 is 5.32 Å². The van der Waals surface area contributed by atoms with Crippen LogP contribution >= 0.6 is 15.9 Å². The van der Waals surface area contributed by atoms with Crippen LogP contribution in [0.5, 0.6) is 0 Å². The Hall–Kier alpha value is -2.08. The Morgan fingerprint density at radius 3 is 2.48 bits per heavy atom. The lowest BCUT2D eigenvalue weighted by Gasteiger charge is -2.36. The van der Waals surface area contributed by atoms with E-state index in [-0.39, 0.29) is 17.6 Å². The summed E-state index contributed by atoms with van der Waals surface area (Å²) in [6.07, 6.45) is 5.13. The summed E-state index contributed by atoms with van der Waals surface area (Å²) in [6, 6.07) is 11.0. The average molecular weight is 433 g/mol. The van der Waals surface area contributed by atoms with E-state index in [0.29, 0.717) is 28.7 Å². The minimum Gasteiger partial charge on any atom is -0.444 e. The molecule has 1 aromatic heterocycles. The molecule has 0 radical (unpaired) electrons. The normalized spacial score (nSPS) is 19.5. The Morgan fingerprint density at radius 2 is 1.85 bits per heavy atom. The first-order valence-electron chi connectivity index (χ1n) is 9.35. The molecule has 0 bridgehead atoms. The number of anilines is 1. The molecule has 2 amide bonds. The summed E-state index contributed by atoms with van der Waals surface area (Å²) in [6.45, 7) is 2.24. The average Bonchev–Trinajstić information content (AvgIpc) is 3.10. The van der Waals surface area contributed by atoms with E-state index < -0.39 is 0 Å². The third-order valence-corrected chi connectivity index (χ3v) is 5.75. The van der Waals surface area contributed by atoms with Gasteiger partial charge >= 0.3 is 0 Å². The Kier molecular flexibility index (Phi) is 6.37. The van der Waals surface area contributed by atoms with Crippen LogP contribution in [0.1, 0.15) is 48.7 Å². The molecular weight excluding hydrogens is 408 g/mol. The largest absolute Gasteiger partial charge is 0.444 e. The number of carbonyl (C=O) groups excluding carboxylic acids is 2. The maximum Gasteiger partial charge on any atom is 0.291 e. The van der Waals surface area contributed by atoms with E-state index in [0.717, 1.165) is 12.0 Å². The lowest BCUT2D eigenvalue weighted by atomic mass is 9.85. The molecule has 1 aromatic carbocycles. The molecule has 0 aliphatic heterocycles. The van der Waals surface area contributed by atoms with Crippen molar-refractivity contribution >= 4 is 33.4 Å². The van der Waals surface area contributed by atoms with E-state index in [1.165, 1.54) is 19.3 Å². The molecule has 2 unspecified atom stereocenters. The zero-order valence-electron chi connectivity index (χ0n) is 15.7. The van der Waals surface area contributed by atoms with Crippen molar-refractivity contribution in [3.8, 4) is 0 Å². The summed E-state index contributed by atoms with van der Waals surface area (Å²) in [5.41, 5.74) is 1.60. The number of nitrogens with zero attached hydrogens (tertiary/aromatic N) is 1. The van der Waals surface area contributed by atoms with Gasteiger partial charge in [-0.3, -0.25) is 9.59 Å². The fourth-order valence-electron chi connectivity index (χ4n) is 3.69. The fraction of sp³-hybridized carbons (Fsp3) is 0.429. The Balaban J connectivity index is 1.56. The minimum atomic E-state index is -0.310. The number of benzene rings is 1. The van der Waals surface area contributed by atoms with Crippen molar-refractivity contribution in [2.24, 2.45) is 5.92 Å². The topological polar surface area (TPSA) is 62.6 Å². The molecule has 2 aromatic rings. The predicted octanol–water partition coefficient (Wildman–Crippen LogP) is 4.87. The third-order valence-electron chi connectivity index (χ3n) is 5.32. The van der Waals surface area contributed by atoms with Gasteiger partial charge < -0.3 is 14.6 Å². The van der Waals surface area contributed by atoms with Crippen molar-refractivity contribution in [1.29, 1.82) is 0 Å². The number of nitrogens with one attached hydrogen (secondary N) is 1. The van der Waals surface area contributed by atoms with Crippen molar-refractivity contribution in [2.75, 3.05) is 12.4 Å². The molecule has 1 heterocycles. The standard InChI is InChI=1S/C21H25BrN2O3/c1-14-5-3-4-6-17(14)24(2)20(25)13-15-7-9-16(10-8-15)23-21(26)18-11-12-19(22)27-18/h7-12,14,17H,3-6,13H2,1-2H3,(H,23,26). The highest BCUT2D eigenvalue weighted by Gasteiger charge is 2.27. The number of likely N-dealkylation sites (N-methyl/N-ethyl adjacent to an activating group) is 1. The number of halogens is 1. The zero-order chi connectivity index (χ0) is 19.4. The van der Waals surface area contributed by atoms with Crippen LogP contribution in [-0.4, -0.2) is 29.8 Å². The maximum atomic E-state index is 12.6. The molecule has 1 N–H and O–H groups in total. The van der Waals surface area contributed by atoms with E-state index in [1.54, 1.807) is 12.1 Å². The molecule has 2 atom stereocenters. The van der Waals surface area contributed by atoms with Crippen LogP contribution in [0.25, 0.3) is 0 Å². The molecule has 6 heteroatoms. The molecule has 5 nitrogen and oxygen atoms in total. The quantitative estimate of drug-likeness (QED) is 0.732. The van der Waals surface area contributed by atoms with Gasteiger partial charge in [-0.05, 0) is 64.5 Å². The summed E-state index contributed by atoms with van der Waals surface area (Å²) in [5, 5.41) is 2.78. The second kappa shape index (κ2) is 8.74. The van der Waals surface area contributed by atoms with Gasteiger partial charge in [-0.15, -0.1) is 0 Å². The number of hydrogen-bond acceptors (Lipinski definition) is 3. The van der Waals surface area contributed by atoms with Crippen LogP contribution in [0.4, 0.5) is 5.69 Å². The molecular formula is C21H25BrN2O3. The Bertz CT molecular complexity index is 800. The molecule has 1 saturated carbocycles. The summed E-state index contributed by atoms with van der Waals surface area (Å²) in [5.74, 6) is 0.637. The summed E-state index contributed by atoms with van der Waals surface area (Å²) < 4.78 is 5.75. The van der Waals surface area contributed by atoms with Crippen LogP contribution in [0.2, 0.25) is 0 Å². The first-order chi connectivity index (χ1) is 12.9. The molecule has 3 rings (SSSR count).